The first kappa shape index (κ1) is 10.1. The molecule has 1 N–H and O–H groups in total. The zero-order valence-corrected chi connectivity index (χ0v) is 8.94. The van der Waals surface area contributed by atoms with Gasteiger partial charge in [-0.1, -0.05) is 6.07 Å². The third kappa shape index (κ3) is 3.06. The second-order valence-electron chi connectivity index (χ2n) is 3.29. The highest BCUT2D eigenvalue weighted by molar-refractivity contribution is 8.00. The third-order valence-corrected chi connectivity index (χ3v) is 2.15. The Kier molecular flexibility index (Phi) is 2.61. The van der Waals surface area contributed by atoms with Crippen LogP contribution in [0.5, 0.6) is 0 Å². The molecule has 1 atom stereocenters. The lowest BCUT2D eigenvalue weighted by atomic mass is 10.2. The van der Waals surface area contributed by atoms with E-state index in [0.29, 0.717) is 5.82 Å². The molecule has 3 nitrogen and oxygen atoms in total. The number of nitrogens with one attached hydrogen (secondary N) is 1. The Hall–Kier alpha value is -1.03. The van der Waals surface area contributed by atoms with E-state index in [1.54, 1.807) is 12.5 Å². The molecule has 0 bridgehead atoms. The molecule has 0 aliphatic rings. The quantitative estimate of drug-likeness (QED) is 0.729. The van der Waals surface area contributed by atoms with Gasteiger partial charge in [0.1, 0.15) is 5.82 Å². The van der Waals surface area contributed by atoms with Gasteiger partial charge in [0.05, 0.1) is 0 Å². The summed E-state index contributed by atoms with van der Waals surface area (Å²) in [6.45, 7) is 3.89. The smallest absolute Gasteiger partial charge is 0.140 e. The van der Waals surface area contributed by atoms with Gasteiger partial charge in [0.2, 0.25) is 0 Å². The Morgan fingerprint density at radius 1 is 1.54 bits per heavy atom. The van der Waals surface area contributed by atoms with Crippen molar-refractivity contribution < 1.29 is 4.21 Å². The maximum Gasteiger partial charge on any atom is 0.140 e. The zero-order chi connectivity index (χ0) is 10.1. The van der Waals surface area contributed by atoms with Gasteiger partial charge in [-0.3, -0.25) is 4.72 Å². The van der Waals surface area contributed by atoms with Crippen LogP contribution in [0.25, 0.3) is 0 Å². The highest BCUT2D eigenvalue weighted by Gasteiger charge is 2.01. The van der Waals surface area contributed by atoms with Crippen LogP contribution in [0, 0.1) is 13.8 Å². The Morgan fingerprint density at radius 2 is 2.15 bits per heavy atom. The molecule has 13 heavy (non-hydrogen) atoms. The topological polar surface area (TPSA) is 42.0 Å². The molecule has 1 aromatic rings. The second kappa shape index (κ2) is 3.38. The highest BCUT2D eigenvalue weighted by Crippen LogP contribution is 2.12. The molecule has 1 heterocycles. The van der Waals surface area contributed by atoms with Crippen LogP contribution in [0.4, 0.5) is 5.82 Å². The molecule has 0 aromatic carbocycles. The first-order valence-electron chi connectivity index (χ1n) is 3.92. The molecule has 0 amide bonds. The van der Waals surface area contributed by atoms with Crippen LogP contribution in [-0.2, 0) is 9.71 Å². The minimum Gasteiger partial charge on any atom is -0.297 e. The van der Waals surface area contributed by atoms with E-state index in [1.807, 2.05) is 19.9 Å². The van der Waals surface area contributed by atoms with Gasteiger partial charge in [0.15, 0.2) is 0 Å². The largest absolute Gasteiger partial charge is 0.297 e. The van der Waals surface area contributed by atoms with E-state index < -0.39 is 9.71 Å². The van der Waals surface area contributed by atoms with Gasteiger partial charge >= 0.3 is 0 Å². The number of rotatable bonds is 2. The second-order valence-corrected chi connectivity index (χ2v) is 5.50. The summed E-state index contributed by atoms with van der Waals surface area (Å²) in [4.78, 5) is 4.13. The number of anilines is 1. The molecule has 72 valence electrons. The first-order valence-corrected chi connectivity index (χ1v) is 6.05. The summed E-state index contributed by atoms with van der Waals surface area (Å²) < 4.78 is 14.1. The number of aromatic nitrogens is 1. The third-order valence-electron chi connectivity index (χ3n) is 1.53. The van der Waals surface area contributed by atoms with Gasteiger partial charge in [-0.2, -0.15) is 0 Å². The molecular formula is C9H14N2OS. The van der Waals surface area contributed by atoms with Crippen LogP contribution in [0.3, 0.4) is 0 Å². The van der Waals surface area contributed by atoms with Crippen molar-refractivity contribution >= 4 is 21.4 Å². The summed E-state index contributed by atoms with van der Waals surface area (Å²) in [5.41, 5.74) is 2.08. The van der Waals surface area contributed by atoms with Crippen molar-refractivity contribution in [3.63, 3.8) is 0 Å². The Balaban J connectivity index is 3.04. The summed E-state index contributed by atoms with van der Waals surface area (Å²) in [6.07, 6.45) is 3.29. The molecule has 0 fully saturated rings. The fourth-order valence-corrected chi connectivity index (χ4v) is 1.65. The number of aryl methyl sites for hydroxylation is 2. The predicted octanol–water partition coefficient (Wildman–Crippen LogP) is 1.37. The highest BCUT2D eigenvalue weighted by atomic mass is 32.2. The number of hydrogen-bond acceptors (Lipinski definition) is 2. The lowest BCUT2D eigenvalue weighted by Crippen LogP contribution is -2.11. The molecule has 0 saturated carbocycles. The first-order chi connectivity index (χ1) is 5.88. The van der Waals surface area contributed by atoms with E-state index in [2.05, 4.69) is 15.6 Å². The van der Waals surface area contributed by atoms with Gasteiger partial charge in [-0.15, -0.1) is 0 Å². The average Bonchev–Trinajstić information content (AvgIpc) is 1.93. The molecule has 0 aliphatic heterocycles. The van der Waals surface area contributed by atoms with Gasteiger partial charge in [0.25, 0.3) is 0 Å². The molecule has 0 saturated heterocycles. The lowest BCUT2D eigenvalue weighted by Gasteiger charge is -2.09. The van der Waals surface area contributed by atoms with Crippen molar-refractivity contribution in [2.75, 3.05) is 11.0 Å². The molecule has 1 rings (SSSR count). The molecule has 0 aliphatic carbocycles. The van der Waals surface area contributed by atoms with Gasteiger partial charge in [0, 0.05) is 22.2 Å². The van der Waals surface area contributed by atoms with Crippen molar-refractivity contribution in [3.05, 3.63) is 23.4 Å². The van der Waals surface area contributed by atoms with Gasteiger partial charge in [-0.05, 0) is 30.8 Å². The van der Waals surface area contributed by atoms with E-state index in [9.17, 15) is 4.21 Å². The van der Waals surface area contributed by atoms with Crippen molar-refractivity contribution in [2.45, 2.75) is 13.8 Å². The summed E-state index contributed by atoms with van der Waals surface area (Å²) >= 11 is 0. The fraction of sp³-hybridized carbons (Fsp3) is 0.333. The van der Waals surface area contributed by atoms with Gasteiger partial charge < -0.3 is 0 Å². The van der Waals surface area contributed by atoms with Crippen LogP contribution in [0.1, 0.15) is 11.1 Å². The minimum absolute atomic E-state index is 0.646. The standard InChI is InChI=1S/C9H14N2OS/c1-7-5-8(2)9(10-6-7)11-13(3,4)12/h5-6H,3H2,1-2,4H3,(H,10,11,12). The molecule has 0 radical (unpaired) electrons. The van der Waals surface area contributed by atoms with Crippen LogP contribution in [-0.4, -0.2) is 21.3 Å². The van der Waals surface area contributed by atoms with Crippen LogP contribution < -0.4 is 4.72 Å². The van der Waals surface area contributed by atoms with E-state index in [4.69, 9.17) is 0 Å². The number of hydrogen-bond donors (Lipinski definition) is 1. The monoisotopic (exact) mass is 198 g/mol. The van der Waals surface area contributed by atoms with Crippen LogP contribution in [0.2, 0.25) is 0 Å². The number of nitrogens with zero attached hydrogens (tertiary/aromatic N) is 1. The average molecular weight is 198 g/mol. The SMILES string of the molecule is C=S(C)(=O)Nc1ncc(C)cc1C. The number of pyridine rings is 1. The molecule has 1 unspecified atom stereocenters. The van der Waals surface area contributed by atoms with Crippen molar-refractivity contribution in [2.24, 2.45) is 0 Å². The van der Waals surface area contributed by atoms with Crippen molar-refractivity contribution in [1.82, 2.24) is 4.98 Å². The fourth-order valence-electron chi connectivity index (χ4n) is 1.03. The Bertz CT molecular complexity index is 410. The summed E-state index contributed by atoms with van der Waals surface area (Å²) in [5, 5.41) is 0. The van der Waals surface area contributed by atoms with E-state index in [-0.39, 0.29) is 0 Å². The van der Waals surface area contributed by atoms with Crippen molar-refractivity contribution in [3.8, 4) is 0 Å². The van der Waals surface area contributed by atoms with E-state index >= 15 is 0 Å². The zero-order valence-electron chi connectivity index (χ0n) is 8.13. The maximum absolute atomic E-state index is 11.3. The predicted molar refractivity (Wildman–Crippen MR) is 58.5 cm³/mol. The van der Waals surface area contributed by atoms with Crippen LogP contribution >= 0.6 is 0 Å². The Labute approximate surface area is 79.3 Å². The van der Waals surface area contributed by atoms with E-state index in [0.717, 1.165) is 11.1 Å². The Morgan fingerprint density at radius 3 is 2.62 bits per heavy atom. The molecule has 0 spiro atoms. The van der Waals surface area contributed by atoms with Crippen LogP contribution in [0.15, 0.2) is 12.3 Å². The minimum atomic E-state index is -2.23. The van der Waals surface area contributed by atoms with Crippen molar-refractivity contribution in [1.29, 1.82) is 0 Å². The summed E-state index contributed by atoms with van der Waals surface area (Å²) in [7, 11) is -2.23. The normalized spacial score (nSPS) is 15.0. The summed E-state index contributed by atoms with van der Waals surface area (Å²) in [5.74, 6) is 4.15. The molecule has 4 heteroatoms. The maximum atomic E-state index is 11.3. The van der Waals surface area contributed by atoms with Gasteiger partial charge in [-0.25, -0.2) is 9.19 Å². The summed E-state index contributed by atoms with van der Waals surface area (Å²) in [6, 6.07) is 1.99. The molecular weight excluding hydrogens is 184 g/mol. The van der Waals surface area contributed by atoms with E-state index in [1.165, 1.54) is 0 Å². The lowest BCUT2D eigenvalue weighted by molar-refractivity contribution is 0.688. The molecule has 1 aromatic heterocycles.